The predicted molar refractivity (Wildman–Crippen MR) is 143 cm³/mol. The fourth-order valence-corrected chi connectivity index (χ4v) is 6.17. The maximum atomic E-state index is 13.7. The molecule has 0 N–H and O–H groups in total. The van der Waals surface area contributed by atoms with Crippen LogP contribution in [0.25, 0.3) is 0 Å². The number of carbonyl (C=O) groups is 1. The summed E-state index contributed by atoms with van der Waals surface area (Å²) in [6.07, 6.45) is 16.5. The smallest absolute Gasteiger partial charge is 0.343 e. The van der Waals surface area contributed by atoms with Crippen LogP contribution < -0.4 is 9.47 Å². The van der Waals surface area contributed by atoms with Crippen LogP contribution in [0.2, 0.25) is 0 Å². The highest BCUT2D eigenvalue weighted by Crippen LogP contribution is 2.42. The molecule has 198 valence electrons. The van der Waals surface area contributed by atoms with Crippen molar-refractivity contribution in [3.63, 3.8) is 0 Å². The molecular weight excluding hydrogens is 465 g/mol. The van der Waals surface area contributed by atoms with E-state index in [1.54, 1.807) is 30.3 Å². The summed E-state index contributed by atoms with van der Waals surface area (Å²) in [6, 6.07) is 12.4. The van der Waals surface area contributed by atoms with Crippen molar-refractivity contribution in [2.45, 2.75) is 84.0 Å². The highest BCUT2D eigenvalue weighted by atomic mass is 19.1. The Labute approximate surface area is 221 Å². The predicted octanol–water partition coefficient (Wildman–Crippen LogP) is 8.49. The third-order valence-electron chi connectivity index (χ3n) is 8.51. The Balaban J connectivity index is 1.16. The molecule has 0 atom stereocenters. The van der Waals surface area contributed by atoms with Gasteiger partial charge in [-0.1, -0.05) is 45.4 Å². The van der Waals surface area contributed by atoms with E-state index in [2.05, 4.69) is 6.92 Å². The lowest BCUT2D eigenvalue weighted by Crippen LogP contribution is -2.27. The van der Waals surface area contributed by atoms with Gasteiger partial charge in [0.15, 0.2) is 0 Å². The molecule has 0 amide bonds. The number of nitrogens with zero attached hydrogens (tertiary/aromatic N) is 1. The molecule has 37 heavy (non-hydrogen) atoms. The first-order valence-electron chi connectivity index (χ1n) is 14.2. The highest BCUT2D eigenvalue weighted by Gasteiger charge is 2.31. The topological polar surface area (TPSA) is 59.3 Å². The molecule has 4 nitrogen and oxygen atoms in total. The lowest BCUT2D eigenvalue weighted by molar-refractivity contribution is 0.0734. The van der Waals surface area contributed by atoms with Crippen LogP contribution in [-0.2, 0) is 0 Å². The molecular formula is C32H40FNO3. The molecule has 0 saturated heterocycles. The van der Waals surface area contributed by atoms with Crippen LogP contribution in [0.3, 0.4) is 0 Å². The van der Waals surface area contributed by atoms with Gasteiger partial charge in [-0.2, -0.15) is 5.26 Å². The van der Waals surface area contributed by atoms with Gasteiger partial charge < -0.3 is 9.47 Å². The number of benzene rings is 2. The largest absolute Gasteiger partial charge is 0.493 e. The second kappa shape index (κ2) is 13.6. The van der Waals surface area contributed by atoms with E-state index in [1.165, 1.54) is 89.2 Å². The van der Waals surface area contributed by atoms with Crippen LogP contribution in [0.15, 0.2) is 42.5 Å². The molecule has 2 fully saturated rings. The summed E-state index contributed by atoms with van der Waals surface area (Å²) in [7, 11) is 0. The summed E-state index contributed by atoms with van der Waals surface area (Å²) < 4.78 is 25.0. The lowest BCUT2D eigenvalue weighted by atomic mass is 9.69. The molecule has 0 aromatic heterocycles. The zero-order valence-corrected chi connectivity index (χ0v) is 22.1. The van der Waals surface area contributed by atoms with Crippen LogP contribution in [0.1, 0.15) is 99.9 Å². The normalized spacial score (nSPS) is 23.7. The van der Waals surface area contributed by atoms with Crippen LogP contribution in [0, 0.1) is 40.8 Å². The Morgan fingerprint density at radius 2 is 1.51 bits per heavy atom. The van der Waals surface area contributed by atoms with E-state index in [0.29, 0.717) is 18.1 Å². The number of unbranched alkanes of at least 4 members (excludes halogenated alkanes) is 2. The number of carbonyl (C=O) groups excluding carboxylic acids is 1. The summed E-state index contributed by atoms with van der Waals surface area (Å²) >= 11 is 0. The van der Waals surface area contributed by atoms with E-state index in [0.717, 1.165) is 29.6 Å². The molecule has 2 aromatic rings. The second-order valence-corrected chi connectivity index (χ2v) is 11.0. The van der Waals surface area contributed by atoms with Crippen LogP contribution in [0.4, 0.5) is 4.39 Å². The summed E-state index contributed by atoms with van der Waals surface area (Å²) in [5.74, 6) is 2.94. The van der Waals surface area contributed by atoms with Crippen molar-refractivity contribution in [2.75, 3.05) is 6.61 Å². The van der Waals surface area contributed by atoms with E-state index in [1.807, 2.05) is 0 Å². The summed E-state index contributed by atoms with van der Waals surface area (Å²) in [5.41, 5.74) is 0.271. The molecule has 0 aliphatic heterocycles. The SMILES string of the molecule is CCCCCC1CCC(C2CCC(COc3ccc(C(=O)Oc4ccc(C#N)c(F)c4)cc3)CC2)CC1. The molecule has 5 heteroatoms. The van der Waals surface area contributed by atoms with E-state index in [4.69, 9.17) is 14.7 Å². The summed E-state index contributed by atoms with van der Waals surface area (Å²) in [6.45, 7) is 3.00. The molecule has 0 bridgehead atoms. The zero-order chi connectivity index (χ0) is 26.0. The molecule has 0 unspecified atom stereocenters. The van der Waals surface area contributed by atoms with Gasteiger partial charge in [-0.05, 0) is 98.6 Å². The fourth-order valence-electron chi connectivity index (χ4n) is 6.17. The van der Waals surface area contributed by atoms with E-state index >= 15 is 0 Å². The monoisotopic (exact) mass is 505 g/mol. The van der Waals surface area contributed by atoms with Gasteiger partial charge in [0.2, 0.25) is 0 Å². The maximum absolute atomic E-state index is 13.7. The van der Waals surface area contributed by atoms with Gasteiger partial charge in [-0.15, -0.1) is 0 Å². The molecule has 2 aliphatic carbocycles. The van der Waals surface area contributed by atoms with Crippen molar-refractivity contribution in [1.29, 1.82) is 5.26 Å². The average Bonchev–Trinajstić information content (AvgIpc) is 2.93. The van der Waals surface area contributed by atoms with Crippen molar-refractivity contribution < 1.29 is 18.7 Å². The quantitative estimate of drug-likeness (QED) is 0.184. The minimum atomic E-state index is -0.712. The lowest BCUT2D eigenvalue weighted by Gasteiger charge is -2.38. The molecule has 0 radical (unpaired) electrons. The van der Waals surface area contributed by atoms with Crippen molar-refractivity contribution in [2.24, 2.45) is 23.7 Å². The molecule has 0 heterocycles. The minimum absolute atomic E-state index is 0.0671. The van der Waals surface area contributed by atoms with Gasteiger partial charge in [0.1, 0.15) is 23.4 Å². The van der Waals surface area contributed by atoms with Crippen molar-refractivity contribution in [3.8, 4) is 17.6 Å². The van der Waals surface area contributed by atoms with Gasteiger partial charge in [0.05, 0.1) is 17.7 Å². The van der Waals surface area contributed by atoms with Crippen molar-refractivity contribution in [3.05, 3.63) is 59.4 Å². The first kappa shape index (κ1) is 27.2. The van der Waals surface area contributed by atoms with Crippen LogP contribution in [0.5, 0.6) is 11.5 Å². The van der Waals surface area contributed by atoms with Gasteiger partial charge in [0, 0.05) is 6.07 Å². The third kappa shape index (κ3) is 7.81. The standard InChI is InChI=1S/C32H40FNO3/c1-2-3-4-5-23-6-10-25(11-7-23)26-12-8-24(9-13-26)22-36-29-17-14-27(15-18-29)32(35)37-30-19-16-28(21-34)31(33)20-30/h14-20,23-26H,2-13,22H2,1H3. The number of halogens is 1. The number of hydrogen-bond donors (Lipinski definition) is 0. The molecule has 0 spiro atoms. The number of hydrogen-bond acceptors (Lipinski definition) is 4. The molecule has 2 aliphatic rings. The minimum Gasteiger partial charge on any atom is -0.493 e. The second-order valence-electron chi connectivity index (χ2n) is 11.0. The number of ether oxygens (including phenoxy) is 2. The van der Waals surface area contributed by atoms with Crippen molar-refractivity contribution in [1.82, 2.24) is 0 Å². The maximum Gasteiger partial charge on any atom is 0.343 e. The summed E-state index contributed by atoms with van der Waals surface area (Å²) in [5, 5.41) is 8.81. The van der Waals surface area contributed by atoms with E-state index in [9.17, 15) is 9.18 Å². The van der Waals surface area contributed by atoms with Crippen LogP contribution >= 0.6 is 0 Å². The van der Waals surface area contributed by atoms with Gasteiger partial charge >= 0.3 is 5.97 Å². The van der Waals surface area contributed by atoms with Gasteiger partial charge in [0.25, 0.3) is 0 Å². The Hall–Kier alpha value is -2.87. The van der Waals surface area contributed by atoms with E-state index < -0.39 is 11.8 Å². The third-order valence-corrected chi connectivity index (χ3v) is 8.51. The molecule has 4 rings (SSSR count). The van der Waals surface area contributed by atoms with Crippen molar-refractivity contribution >= 4 is 5.97 Å². The van der Waals surface area contributed by atoms with Gasteiger partial charge in [-0.3, -0.25) is 0 Å². The molecule has 2 saturated carbocycles. The van der Waals surface area contributed by atoms with Gasteiger partial charge in [-0.25, -0.2) is 9.18 Å². The Morgan fingerprint density at radius 1 is 0.892 bits per heavy atom. The summed E-state index contributed by atoms with van der Waals surface area (Å²) in [4.78, 5) is 12.4. The average molecular weight is 506 g/mol. The molecule has 2 aromatic carbocycles. The number of rotatable bonds is 10. The Bertz CT molecular complexity index is 1040. The number of esters is 1. The highest BCUT2D eigenvalue weighted by molar-refractivity contribution is 5.91. The first-order chi connectivity index (χ1) is 18.1. The Morgan fingerprint density at radius 3 is 2.11 bits per heavy atom. The Kier molecular flexibility index (Phi) is 9.99. The fraction of sp³-hybridized carbons (Fsp3) is 0.562. The zero-order valence-electron chi connectivity index (χ0n) is 22.1. The van der Waals surface area contributed by atoms with E-state index in [-0.39, 0.29) is 11.3 Å². The van der Waals surface area contributed by atoms with Crippen LogP contribution in [-0.4, -0.2) is 12.6 Å². The first-order valence-corrected chi connectivity index (χ1v) is 14.2. The number of nitriles is 1.